The van der Waals surface area contributed by atoms with Gasteiger partial charge in [-0.1, -0.05) is 55.4 Å². The lowest BCUT2D eigenvalue weighted by Crippen LogP contribution is -2.61. The van der Waals surface area contributed by atoms with Crippen LogP contribution in [0.1, 0.15) is 133 Å². The molecule has 0 fully saturated rings. The van der Waals surface area contributed by atoms with Gasteiger partial charge in [-0.05, 0) is 89.0 Å². The van der Waals surface area contributed by atoms with Crippen LogP contribution in [-0.2, 0) is 62.3 Å². The molecule has 0 spiro atoms. The Bertz CT molecular complexity index is 2040. The van der Waals surface area contributed by atoms with Gasteiger partial charge in [0.2, 0.25) is 53.2 Å². The van der Waals surface area contributed by atoms with Crippen molar-refractivity contribution < 1.29 is 82.8 Å². The summed E-state index contributed by atoms with van der Waals surface area (Å²) in [6, 6.07) is -14.1. The van der Waals surface area contributed by atoms with Gasteiger partial charge in [0.05, 0.1) is 12.5 Å². The molecule has 432 valence electrons. The van der Waals surface area contributed by atoms with Gasteiger partial charge in [-0.15, -0.1) is 0 Å². The lowest BCUT2D eigenvalue weighted by molar-refractivity contribution is -0.144. The smallest absolute Gasteiger partial charge is 0.326 e. The molecular formula is C48H83N11O17. The zero-order chi connectivity index (χ0) is 58.7. The molecule has 17 N–H and O–H groups in total. The van der Waals surface area contributed by atoms with Crippen molar-refractivity contribution in [1.82, 2.24) is 47.9 Å². The number of hydrogen-bond donors (Lipinski definition) is 15. The maximum atomic E-state index is 14.1. The molecule has 0 rings (SSSR count). The summed E-state index contributed by atoms with van der Waals surface area (Å²) < 4.78 is 0. The number of rotatable bonds is 37. The summed E-state index contributed by atoms with van der Waals surface area (Å²) in [5.41, 5.74) is 11.5. The van der Waals surface area contributed by atoms with Crippen molar-refractivity contribution in [2.75, 3.05) is 6.54 Å². The van der Waals surface area contributed by atoms with Gasteiger partial charge in [0.25, 0.3) is 0 Å². The molecule has 28 heteroatoms. The average molecular weight is 1090 g/mol. The van der Waals surface area contributed by atoms with E-state index in [0.29, 0.717) is 6.42 Å². The molecule has 0 aliphatic heterocycles. The summed E-state index contributed by atoms with van der Waals surface area (Å²) in [5, 5.41) is 59.4. The molecule has 0 radical (unpaired) electrons. The van der Waals surface area contributed by atoms with Crippen LogP contribution < -0.4 is 59.3 Å². The first-order valence-corrected chi connectivity index (χ1v) is 25.3. The zero-order valence-electron chi connectivity index (χ0n) is 45.1. The Hall–Kier alpha value is -6.97. The Morgan fingerprint density at radius 3 is 1.16 bits per heavy atom. The number of nitrogens with two attached hydrogens (primary N) is 2. The predicted molar refractivity (Wildman–Crippen MR) is 272 cm³/mol. The molecule has 0 saturated carbocycles. The fourth-order valence-corrected chi connectivity index (χ4v) is 7.13. The molecule has 0 saturated heterocycles. The van der Waals surface area contributed by atoms with Crippen LogP contribution in [0.3, 0.4) is 0 Å². The quantitative estimate of drug-likeness (QED) is 0.0287. The topological polar surface area (TPSA) is 463 Å². The minimum Gasteiger partial charge on any atom is -0.481 e. The third kappa shape index (κ3) is 27.0. The Labute approximate surface area is 442 Å². The largest absolute Gasteiger partial charge is 0.481 e. The second-order valence-corrected chi connectivity index (χ2v) is 20.2. The van der Waals surface area contributed by atoms with E-state index in [2.05, 4.69) is 47.9 Å². The minimum atomic E-state index is -1.62. The van der Waals surface area contributed by atoms with Gasteiger partial charge in [0.1, 0.15) is 54.4 Å². The number of hydrogen-bond acceptors (Lipinski definition) is 15. The fraction of sp³-hybridized carbons (Fsp3) is 0.729. The minimum absolute atomic E-state index is 0.0116. The summed E-state index contributed by atoms with van der Waals surface area (Å²) in [6.07, 6.45) is -2.47. The number of carbonyl (C=O) groups excluding carboxylic acids is 9. The molecule has 0 aromatic carbocycles. The lowest BCUT2D eigenvalue weighted by Gasteiger charge is -2.29. The molecule has 10 atom stereocenters. The number of carboxylic acids is 4. The van der Waals surface area contributed by atoms with Crippen LogP contribution in [0.25, 0.3) is 0 Å². The van der Waals surface area contributed by atoms with Crippen LogP contribution >= 0.6 is 0 Å². The number of unbranched alkanes of at least 4 members (excludes halogenated alkanes) is 1. The predicted octanol–water partition coefficient (Wildman–Crippen LogP) is -2.46. The third-order valence-electron chi connectivity index (χ3n) is 11.6. The van der Waals surface area contributed by atoms with Crippen molar-refractivity contribution in [3.8, 4) is 0 Å². The molecule has 28 nitrogen and oxygen atoms in total. The van der Waals surface area contributed by atoms with Crippen molar-refractivity contribution in [2.24, 2.45) is 35.1 Å². The van der Waals surface area contributed by atoms with E-state index in [-0.39, 0.29) is 50.0 Å². The standard InChI is InChI=1S/C48H83N11O17/c1-22(2)19-31(45(72)55-30(48(75)76)15-17-35(62)63)56-41(68)28(13-11-12-18-49)53-42(69)29(14-16-34(60)61)54-44(71)32(20-23(3)4)58-47(74)38(25(7)8)59-40(67)27(10)51-39(66)26(9)52-43(70)33(21-36(64)65)57-46(73)37(50)24(5)6/h22-33,37-38H,11-21,49-50H2,1-10H3,(H,51,66)(H,52,70)(H,53,69)(H,54,71)(H,55,72)(H,56,68)(H,57,73)(H,58,74)(H,59,67)(H,60,61)(H,62,63)(H,64,65)(H,75,76)/t26-,27-,28-,29-,30-,31-,32-,33-,37-,38-/m0/s1. The van der Waals surface area contributed by atoms with E-state index in [0.717, 1.165) is 0 Å². The van der Waals surface area contributed by atoms with Crippen molar-refractivity contribution in [3.63, 3.8) is 0 Å². The van der Waals surface area contributed by atoms with Gasteiger partial charge >= 0.3 is 23.9 Å². The summed E-state index contributed by atoms with van der Waals surface area (Å²) >= 11 is 0. The maximum Gasteiger partial charge on any atom is 0.326 e. The number of nitrogens with one attached hydrogen (secondary N) is 9. The van der Waals surface area contributed by atoms with Crippen LogP contribution in [0, 0.1) is 23.7 Å². The molecular weight excluding hydrogens is 1000 g/mol. The van der Waals surface area contributed by atoms with E-state index in [4.69, 9.17) is 16.6 Å². The van der Waals surface area contributed by atoms with Crippen LogP contribution in [0.2, 0.25) is 0 Å². The molecule has 0 aliphatic carbocycles. The van der Waals surface area contributed by atoms with E-state index < -0.39 is 175 Å². The first-order chi connectivity index (χ1) is 35.2. The number of carboxylic acid groups (broad SMARTS) is 4. The van der Waals surface area contributed by atoms with Crippen LogP contribution in [0.5, 0.6) is 0 Å². The molecule has 0 aromatic rings. The highest BCUT2D eigenvalue weighted by Gasteiger charge is 2.36. The first kappa shape index (κ1) is 69.0. The lowest BCUT2D eigenvalue weighted by atomic mass is 9.99. The van der Waals surface area contributed by atoms with Gasteiger partial charge in [-0.3, -0.25) is 57.5 Å². The van der Waals surface area contributed by atoms with Crippen molar-refractivity contribution in [1.29, 1.82) is 0 Å². The Morgan fingerprint density at radius 1 is 0.382 bits per heavy atom. The van der Waals surface area contributed by atoms with Crippen molar-refractivity contribution in [2.45, 2.75) is 194 Å². The van der Waals surface area contributed by atoms with Crippen LogP contribution in [0.4, 0.5) is 0 Å². The second kappa shape index (κ2) is 34.6. The van der Waals surface area contributed by atoms with Crippen molar-refractivity contribution >= 4 is 77.0 Å². The molecule has 0 heterocycles. The monoisotopic (exact) mass is 1090 g/mol. The van der Waals surface area contributed by atoms with E-state index in [1.165, 1.54) is 13.8 Å². The highest BCUT2D eigenvalue weighted by molar-refractivity contribution is 5.99. The number of carbonyl (C=O) groups is 13. The van der Waals surface area contributed by atoms with Crippen LogP contribution in [0.15, 0.2) is 0 Å². The van der Waals surface area contributed by atoms with E-state index in [1.54, 1.807) is 55.4 Å². The molecule has 9 amide bonds. The zero-order valence-corrected chi connectivity index (χ0v) is 45.1. The van der Waals surface area contributed by atoms with E-state index >= 15 is 0 Å². The van der Waals surface area contributed by atoms with Gasteiger partial charge in [0, 0.05) is 12.8 Å². The highest BCUT2D eigenvalue weighted by Crippen LogP contribution is 2.13. The molecule has 0 unspecified atom stereocenters. The van der Waals surface area contributed by atoms with Gasteiger partial charge in [-0.25, -0.2) is 4.79 Å². The first-order valence-electron chi connectivity index (χ1n) is 25.3. The highest BCUT2D eigenvalue weighted by atomic mass is 16.4. The third-order valence-corrected chi connectivity index (χ3v) is 11.6. The van der Waals surface area contributed by atoms with E-state index in [1.807, 2.05) is 0 Å². The molecule has 76 heavy (non-hydrogen) atoms. The fourth-order valence-electron chi connectivity index (χ4n) is 7.13. The van der Waals surface area contributed by atoms with Gasteiger partial charge < -0.3 is 79.7 Å². The SMILES string of the molecule is CC(C)C[C@H](NC(=O)[C@H](CCCCN)NC(=O)[C@H](CCC(=O)O)NC(=O)[C@H](CC(C)C)NC(=O)[C@@H](NC(=O)[C@H](C)NC(=O)[C@H](C)NC(=O)[C@H](CC(=O)O)NC(=O)[C@@H](N)C(C)C)C(C)C)C(=O)N[C@@H](CCC(=O)O)C(=O)O. The molecule has 0 aliphatic rings. The van der Waals surface area contributed by atoms with Gasteiger partial charge in [-0.2, -0.15) is 0 Å². The molecule has 0 aromatic heterocycles. The van der Waals surface area contributed by atoms with Crippen LogP contribution in [-0.4, -0.2) is 164 Å². The van der Waals surface area contributed by atoms with Crippen molar-refractivity contribution in [3.05, 3.63) is 0 Å². The second-order valence-electron chi connectivity index (χ2n) is 20.2. The normalized spacial score (nSPS) is 15.2. The Kier molecular flexibility index (Phi) is 31.4. The van der Waals surface area contributed by atoms with E-state index in [9.17, 15) is 77.6 Å². The Morgan fingerprint density at radius 2 is 0.750 bits per heavy atom. The number of amides is 9. The summed E-state index contributed by atoms with van der Waals surface area (Å²) in [6.45, 7) is 16.0. The summed E-state index contributed by atoms with van der Waals surface area (Å²) in [7, 11) is 0. The van der Waals surface area contributed by atoms with Gasteiger partial charge in [0.15, 0.2) is 0 Å². The summed E-state index contributed by atoms with van der Waals surface area (Å²) in [4.78, 5) is 167. The molecule has 0 bridgehead atoms. The Balaban J connectivity index is 6.42. The maximum absolute atomic E-state index is 14.1. The number of aliphatic carboxylic acids is 4. The summed E-state index contributed by atoms with van der Waals surface area (Å²) in [5.74, 6) is -15.4. The average Bonchev–Trinajstić information content (AvgIpc) is 3.30.